The molecule has 0 amide bonds. The lowest BCUT2D eigenvalue weighted by Crippen LogP contribution is -2.17. The molecule has 1 N–H and O–H groups in total. The summed E-state index contributed by atoms with van der Waals surface area (Å²) in [5.74, 6) is 1.08. The Morgan fingerprint density at radius 3 is 3.06 bits per heavy atom. The average molecular weight is 219 g/mol. The molecule has 1 aromatic heterocycles. The molecule has 16 heavy (non-hydrogen) atoms. The first-order valence-electron chi connectivity index (χ1n) is 6.40. The Hall–Kier alpha value is -1.12. The van der Waals surface area contributed by atoms with Crippen LogP contribution in [-0.2, 0) is 12.8 Å². The van der Waals surface area contributed by atoms with Crippen LogP contribution in [0.5, 0.6) is 0 Å². The summed E-state index contributed by atoms with van der Waals surface area (Å²) in [6, 6.07) is 0.513. The van der Waals surface area contributed by atoms with Crippen LogP contribution in [0.1, 0.15) is 50.8 Å². The molecular weight excluding hydrogens is 198 g/mol. The molecule has 3 nitrogen and oxygen atoms in total. The molecule has 1 aromatic rings. The van der Waals surface area contributed by atoms with Gasteiger partial charge in [-0.1, -0.05) is 19.8 Å². The zero-order valence-electron chi connectivity index (χ0n) is 10.3. The van der Waals surface area contributed by atoms with Crippen molar-refractivity contribution in [3.8, 4) is 0 Å². The van der Waals surface area contributed by atoms with Gasteiger partial charge in [0.2, 0.25) is 0 Å². The van der Waals surface area contributed by atoms with Gasteiger partial charge >= 0.3 is 0 Å². The second-order valence-corrected chi connectivity index (χ2v) is 4.69. The number of hydrogen-bond donors (Lipinski definition) is 1. The maximum absolute atomic E-state index is 4.38. The van der Waals surface area contributed by atoms with E-state index in [0.717, 1.165) is 18.7 Å². The third-order valence-electron chi connectivity index (χ3n) is 3.25. The number of anilines is 1. The van der Waals surface area contributed by atoms with Crippen LogP contribution in [0.4, 0.5) is 5.82 Å². The number of nitrogens with zero attached hydrogens (tertiary/aromatic N) is 2. The first-order chi connectivity index (χ1) is 7.81. The summed E-state index contributed by atoms with van der Waals surface area (Å²) >= 11 is 0. The van der Waals surface area contributed by atoms with Crippen molar-refractivity contribution in [3.63, 3.8) is 0 Å². The summed E-state index contributed by atoms with van der Waals surface area (Å²) in [6.07, 6.45) is 8.94. The number of fused-ring (bicyclic) bond motifs is 1. The highest BCUT2D eigenvalue weighted by atomic mass is 15.0. The van der Waals surface area contributed by atoms with Gasteiger partial charge in [-0.2, -0.15) is 0 Å². The van der Waals surface area contributed by atoms with Crippen LogP contribution in [0.3, 0.4) is 0 Å². The highest BCUT2D eigenvalue weighted by Crippen LogP contribution is 2.25. The van der Waals surface area contributed by atoms with E-state index in [-0.39, 0.29) is 0 Å². The minimum Gasteiger partial charge on any atom is -0.367 e. The largest absolute Gasteiger partial charge is 0.367 e. The SMILES string of the molecule is CCCCC(C)Nc1ncnc2c1CCC2. The summed E-state index contributed by atoms with van der Waals surface area (Å²) in [6.45, 7) is 4.47. The zero-order chi connectivity index (χ0) is 11.4. The van der Waals surface area contributed by atoms with E-state index in [1.807, 2.05) is 0 Å². The van der Waals surface area contributed by atoms with E-state index >= 15 is 0 Å². The van der Waals surface area contributed by atoms with E-state index in [1.54, 1.807) is 6.33 Å². The van der Waals surface area contributed by atoms with Crippen LogP contribution in [0.15, 0.2) is 6.33 Å². The number of rotatable bonds is 5. The number of unbranched alkanes of at least 4 members (excludes halogenated alkanes) is 1. The van der Waals surface area contributed by atoms with Crippen molar-refractivity contribution in [1.82, 2.24) is 9.97 Å². The topological polar surface area (TPSA) is 37.8 Å². The molecule has 0 spiro atoms. The zero-order valence-corrected chi connectivity index (χ0v) is 10.3. The Morgan fingerprint density at radius 1 is 1.38 bits per heavy atom. The molecule has 88 valence electrons. The van der Waals surface area contributed by atoms with E-state index in [9.17, 15) is 0 Å². The quantitative estimate of drug-likeness (QED) is 0.827. The van der Waals surface area contributed by atoms with Crippen molar-refractivity contribution in [2.75, 3.05) is 5.32 Å². The summed E-state index contributed by atoms with van der Waals surface area (Å²) < 4.78 is 0. The highest BCUT2D eigenvalue weighted by molar-refractivity contribution is 5.48. The number of hydrogen-bond acceptors (Lipinski definition) is 3. The van der Waals surface area contributed by atoms with Crippen molar-refractivity contribution in [3.05, 3.63) is 17.6 Å². The Labute approximate surface area is 97.7 Å². The molecule has 0 saturated carbocycles. The molecule has 1 aliphatic rings. The van der Waals surface area contributed by atoms with Gasteiger partial charge in [0.15, 0.2) is 0 Å². The van der Waals surface area contributed by atoms with E-state index < -0.39 is 0 Å². The van der Waals surface area contributed by atoms with Crippen LogP contribution < -0.4 is 5.32 Å². The third-order valence-corrected chi connectivity index (χ3v) is 3.25. The number of aryl methyl sites for hydroxylation is 1. The van der Waals surface area contributed by atoms with Crippen molar-refractivity contribution >= 4 is 5.82 Å². The van der Waals surface area contributed by atoms with Gasteiger partial charge in [-0.25, -0.2) is 9.97 Å². The van der Waals surface area contributed by atoms with E-state index in [2.05, 4.69) is 29.1 Å². The lowest BCUT2D eigenvalue weighted by Gasteiger charge is -2.16. The van der Waals surface area contributed by atoms with E-state index in [0.29, 0.717) is 6.04 Å². The highest BCUT2D eigenvalue weighted by Gasteiger charge is 2.17. The monoisotopic (exact) mass is 219 g/mol. The molecule has 2 rings (SSSR count). The lowest BCUT2D eigenvalue weighted by atomic mass is 10.1. The van der Waals surface area contributed by atoms with Gasteiger partial charge in [-0.3, -0.25) is 0 Å². The first-order valence-corrected chi connectivity index (χ1v) is 6.40. The summed E-state index contributed by atoms with van der Waals surface area (Å²) in [7, 11) is 0. The molecule has 0 saturated heterocycles. The molecule has 0 radical (unpaired) electrons. The Balaban J connectivity index is 2.01. The predicted octanol–water partition coefficient (Wildman–Crippen LogP) is 2.96. The van der Waals surface area contributed by atoms with Crippen LogP contribution >= 0.6 is 0 Å². The van der Waals surface area contributed by atoms with Crippen LogP contribution in [-0.4, -0.2) is 16.0 Å². The van der Waals surface area contributed by atoms with Gasteiger partial charge in [0.1, 0.15) is 12.1 Å². The van der Waals surface area contributed by atoms with Gasteiger partial charge in [0.25, 0.3) is 0 Å². The minimum atomic E-state index is 0.513. The summed E-state index contributed by atoms with van der Waals surface area (Å²) in [5.41, 5.74) is 2.60. The van der Waals surface area contributed by atoms with Gasteiger partial charge in [0.05, 0.1) is 0 Å². The molecule has 3 heteroatoms. The second kappa shape index (κ2) is 5.28. The van der Waals surface area contributed by atoms with Crippen molar-refractivity contribution < 1.29 is 0 Å². The standard InChI is InChI=1S/C13H21N3/c1-3-4-6-10(2)16-13-11-7-5-8-12(11)14-9-15-13/h9-10H,3-8H2,1-2H3,(H,14,15,16). The Bertz CT molecular complexity index is 349. The lowest BCUT2D eigenvalue weighted by molar-refractivity contribution is 0.642. The molecule has 0 aliphatic heterocycles. The number of nitrogens with one attached hydrogen (secondary N) is 1. The fourth-order valence-electron chi connectivity index (χ4n) is 2.30. The fourth-order valence-corrected chi connectivity index (χ4v) is 2.30. The van der Waals surface area contributed by atoms with Crippen molar-refractivity contribution in [2.45, 2.75) is 58.4 Å². The third kappa shape index (κ3) is 2.52. The Kier molecular flexibility index (Phi) is 3.75. The van der Waals surface area contributed by atoms with Gasteiger partial charge in [-0.15, -0.1) is 0 Å². The molecule has 0 fully saturated rings. The average Bonchev–Trinajstić information content (AvgIpc) is 2.75. The molecular formula is C13H21N3. The first kappa shape index (κ1) is 11.4. The van der Waals surface area contributed by atoms with E-state index in [4.69, 9.17) is 0 Å². The van der Waals surface area contributed by atoms with Crippen LogP contribution in [0.2, 0.25) is 0 Å². The van der Waals surface area contributed by atoms with Gasteiger partial charge in [0, 0.05) is 17.3 Å². The van der Waals surface area contributed by atoms with Gasteiger partial charge in [-0.05, 0) is 32.6 Å². The summed E-state index contributed by atoms with van der Waals surface area (Å²) in [5, 5.41) is 3.53. The second-order valence-electron chi connectivity index (χ2n) is 4.69. The molecule has 0 bridgehead atoms. The smallest absolute Gasteiger partial charge is 0.133 e. The maximum Gasteiger partial charge on any atom is 0.133 e. The summed E-state index contributed by atoms with van der Waals surface area (Å²) in [4.78, 5) is 8.71. The minimum absolute atomic E-state index is 0.513. The molecule has 1 heterocycles. The van der Waals surface area contributed by atoms with Gasteiger partial charge < -0.3 is 5.32 Å². The number of aromatic nitrogens is 2. The maximum atomic E-state index is 4.38. The predicted molar refractivity (Wildman–Crippen MR) is 66.7 cm³/mol. The Morgan fingerprint density at radius 2 is 2.25 bits per heavy atom. The van der Waals surface area contributed by atoms with E-state index in [1.165, 1.54) is 36.9 Å². The van der Waals surface area contributed by atoms with Crippen molar-refractivity contribution in [1.29, 1.82) is 0 Å². The molecule has 1 aliphatic carbocycles. The molecule has 0 aromatic carbocycles. The molecule has 1 atom stereocenters. The van der Waals surface area contributed by atoms with Crippen molar-refractivity contribution in [2.24, 2.45) is 0 Å². The molecule has 1 unspecified atom stereocenters. The fraction of sp³-hybridized carbons (Fsp3) is 0.692. The van der Waals surface area contributed by atoms with Crippen LogP contribution in [0.25, 0.3) is 0 Å². The van der Waals surface area contributed by atoms with Crippen LogP contribution in [0, 0.1) is 0 Å². The normalized spacial score (nSPS) is 15.9.